The summed E-state index contributed by atoms with van der Waals surface area (Å²) in [6, 6.07) is 14.0. The maximum Gasteiger partial charge on any atom is 0.294 e. The second kappa shape index (κ2) is 5.99. The van der Waals surface area contributed by atoms with Gasteiger partial charge < -0.3 is 9.84 Å². The maximum atomic E-state index is 12.8. The lowest BCUT2D eigenvalue weighted by Gasteiger charge is -2.01. The summed E-state index contributed by atoms with van der Waals surface area (Å²) in [7, 11) is 0. The van der Waals surface area contributed by atoms with Crippen molar-refractivity contribution in [3.8, 4) is 11.3 Å². The summed E-state index contributed by atoms with van der Waals surface area (Å²) < 4.78 is 17.9. The molecule has 0 aliphatic heterocycles. The molecule has 0 aliphatic rings. The van der Waals surface area contributed by atoms with Gasteiger partial charge in [0.2, 0.25) is 5.76 Å². The van der Waals surface area contributed by atoms with E-state index < -0.39 is 5.91 Å². The van der Waals surface area contributed by atoms with Crippen molar-refractivity contribution in [2.24, 2.45) is 0 Å². The van der Waals surface area contributed by atoms with Crippen molar-refractivity contribution in [2.45, 2.75) is 0 Å². The smallest absolute Gasteiger partial charge is 0.294 e. The molecule has 0 unspecified atom stereocenters. The predicted octanol–water partition coefficient (Wildman–Crippen LogP) is 4.39. The van der Waals surface area contributed by atoms with Crippen LogP contribution in [0.15, 0.2) is 59.1 Å². The SMILES string of the molecule is O=C(Nc1ccc(F)cc1)c1cc(-c2cccc(Cl)c2)no1. The minimum Gasteiger partial charge on any atom is -0.350 e. The highest BCUT2D eigenvalue weighted by Gasteiger charge is 2.14. The number of amides is 1. The normalized spacial score (nSPS) is 10.5. The van der Waals surface area contributed by atoms with Crippen LogP contribution in [0.2, 0.25) is 5.02 Å². The first-order valence-corrected chi connectivity index (χ1v) is 6.79. The monoisotopic (exact) mass is 316 g/mol. The van der Waals surface area contributed by atoms with Gasteiger partial charge >= 0.3 is 0 Å². The van der Waals surface area contributed by atoms with Gasteiger partial charge in [0.25, 0.3) is 5.91 Å². The van der Waals surface area contributed by atoms with Crippen LogP contribution in [0, 0.1) is 5.82 Å². The average Bonchev–Trinajstić information content (AvgIpc) is 3.00. The van der Waals surface area contributed by atoms with Crippen LogP contribution >= 0.6 is 11.6 Å². The molecule has 6 heteroatoms. The number of hydrogen-bond acceptors (Lipinski definition) is 3. The molecule has 110 valence electrons. The quantitative estimate of drug-likeness (QED) is 0.779. The number of nitrogens with one attached hydrogen (secondary N) is 1. The van der Waals surface area contributed by atoms with Gasteiger partial charge in [0.15, 0.2) is 0 Å². The van der Waals surface area contributed by atoms with Crippen LogP contribution in [0.4, 0.5) is 10.1 Å². The molecule has 1 aromatic heterocycles. The van der Waals surface area contributed by atoms with Crippen molar-refractivity contribution in [3.05, 3.63) is 71.2 Å². The number of hydrogen-bond donors (Lipinski definition) is 1. The van der Waals surface area contributed by atoms with Crippen LogP contribution in [0.3, 0.4) is 0 Å². The first-order valence-electron chi connectivity index (χ1n) is 6.41. The summed E-state index contributed by atoms with van der Waals surface area (Å²) in [6.45, 7) is 0. The summed E-state index contributed by atoms with van der Waals surface area (Å²) >= 11 is 5.92. The molecule has 0 fully saturated rings. The molecule has 2 aromatic carbocycles. The lowest BCUT2D eigenvalue weighted by atomic mass is 10.1. The topological polar surface area (TPSA) is 55.1 Å². The summed E-state index contributed by atoms with van der Waals surface area (Å²) in [4.78, 5) is 12.0. The molecule has 1 amide bonds. The highest BCUT2D eigenvalue weighted by Crippen LogP contribution is 2.22. The Bertz CT molecular complexity index is 815. The third-order valence-electron chi connectivity index (χ3n) is 2.96. The minimum absolute atomic E-state index is 0.0549. The number of aromatic nitrogens is 1. The van der Waals surface area contributed by atoms with Gasteiger partial charge in [0, 0.05) is 22.3 Å². The van der Waals surface area contributed by atoms with Crippen LogP contribution in [0.1, 0.15) is 10.6 Å². The second-order valence-electron chi connectivity index (χ2n) is 4.55. The number of carbonyl (C=O) groups is 1. The van der Waals surface area contributed by atoms with E-state index in [0.29, 0.717) is 16.4 Å². The molecule has 22 heavy (non-hydrogen) atoms. The van der Waals surface area contributed by atoms with Crippen molar-refractivity contribution in [3.63, 3.8) is 0 Å². The molecule has 0 bridgehead atoms. The molecule has 3 aromatic rings. The van der Waals surface area contributed by atoms with Crippen molar-refractivity contribution < 1.29 is 13.7 Å². The summed E-state index contributed by atoms with van der Waals surface area (Å²) in [5.74, 6) is -0.785. The maximum absolute atomic E-state index is 12.8. The Morgan fingerprint density at radius 3 is 2.64 bits per heavy atom. The van der Waals surface area contributed by atoms with E-state index >= 15 is 0 Å². The van der Waals surface area contributed by atoms with E-state index in [4.69, 9.17) is 16.1 Å². The lowest BCUT2D eigenvalue weighted by molar-refractivity contribution is 0.0988. The molecule has 1 heterocycles. The largest absolute Gasteiger partial charge is 0.350 e. The number of benzene rings is 2. The van der Waals surface area contributed by atoms with Crippen LogP contribution < -0.4 is 5.32 Å². The molecular formula is C16H10ClFN2O2. The van der Waals surface area contributed by atoms with Crippen LogP contribution in [0.25, 0.3) is 11.3 Å². The fraction of sp³-hybridized carbons (Fsp3) is 0. The Balaban J connectivity index is 1.78. The Morgan fingerprint density at radius 1 is 1.14 bits per heavy atom. The number of anilines is 1. The Kier molecular flexibility index (Phi) is 3.89. The number of nitrogens with zero attached hydrogens (tertiary/aromatic N) is 1. The van der Waals surface area contributed by atoms with Gasteiger partial charge in [-0.15, -0.1) is 0 Å². The third kappa shape index (κ3) is 3.15. The third-order valence-corrected chi connectivity index (χ3v) is 3.19. The number of halogens is 2. The van der Waals surface area contributed by atoms with Gasteiger partial charge in [-0.3, -0.25) is 4.79 Å². The number of rotatable bonds is 3. The summed E-state index contributed by atoms with van der Waals surface area (Å²) in [5.41, 5.74) is 1.72. The van der Waals surface area contributed by atoms with Gasteiger partial charge in [0.1, 0.15) is 11.5 Å². The molecule has 0 spiro atoms. The van der Waals surface area contributed by atoms with Gasteiger partial charge in [-0.2, -0.15) is 0 Å². The van der Waals surface area contributed by atoms with Gasteiger partial charge in [0.05, 0.1) is 0 Å². The highest BCUT2D eigenvalue weighted by atomic mass is 35.5. The van der Waals surface area contributed by atoms with Crippen LogP contribution in [-0.4, -0.2) is 11.1 Å². The Hall–Kier alpha value is -2.66. The first kappa shape index (κ1) is 14.3. The zero-order chi connectivity index (χ0) is 15.5. The zero-order valence-corrected chi connectivity index (χ0v) is 12.0. The van der Waals surface area contributed by atoms with E-state index in [-0.39, 0.29) is 11.6 Å². The lowest BCUT2D eigenvalue weighted by Crippen LogP contribution is -2.10. The van der Waals surface area contributed by atoms with Crippen molar-refractivity contribution in [1.82, 2.24) is 5.16 Å². The van der Waals surface area contributed by atoms with Gasteiger partial charge in [-0.25, -0.2) is 4.39 Å². The fourth-order valence-corrected chi connectivity index (χ4v) is 2.08. The first-order chi connectivity index (χ1) is 10.6. The molecule has 1 N–H and O–H groups in total. The predicted molar refractivity (Wildman–Crippen MR) is 81.3 cm³/mol. The Labute approximate surface area is 130 Å². The zero-order valence-electron chi connectivity index (χ0n) is 11.2. The number of carbonyl (C=O) groups excluding carboxylic acids is 1. The molecule has 0 saturated carbocycles. The van der Waals surface area contributed by atoms with Gasteiger partial charge in [-0.1, -0.05) is 28.9 Å². The van der Waals surface area contributed by atoms with Gasteiger partial charge in [-0.05, 0) is 36.4 Å². The molecule has 0 aliphatic carbocycles. The van der Waals surface area contributed by atoms with Crippen LogP contribution in [-0.2, 0) is 0 Å². The average molecular weight is 317 g/mol. The summed E-state index contributed by atoms with van der Waals surface area (Å²) in [5, 5.41) is 7.01. The fourth-order valence-electron chi connectivity index (χ4n) is 1.89. The van der Waals surface area contributed by atoms with E-state index in [0.717, 1.165) is 5.56 Å². The molecule has 0 atom stereocenters. The Morgan fingerprint density at radius 2 is 1.91 bits per heavy atom. The molecule has 4 nitrogen and oxygen atoms in total. The minimum atomic E-state index is -0.465. The van der Waals surface area contributed by atoms with E-state index in [1.165, 1.54) is 30.3 Å². The van der Waals surface area contributed by atoms with E-state index in [2.05, 4.69) is 10.5 Å². The molecule has 3 rings (SSSR count). The van der Waals surface area contributed by atoms with E-state index in [1.807, 2.05) is 6.07 Å². The highest BCUT2D eigenvalue weighted by molar-refractivity contribution is 6.30. The summed E-state index contributed by atoms with van der Waals surface area (Å²) in [6.07, 6.45) is 0. The second-order valence-corrected chi connectivity index (χ2v) is 4.98. The standard InChI is InChI=1S/C16H10ClFN2O2/c17-11-3-1-2-10(8-11)14-9-15(22-20-14)16(21)19-13-6-4-12(18)5-7-13/h1-9H,(H,19,21). The molecule has 0 saturated heterocycles. The van der Waals surface area contributed by atoms with E-state index in [9.17, 15) is 9.18 Å². The molecular weight excluding hydrogens is 307 g/mol. The van der Waals surface area contributed by atoms with Crippen LogP contribution in [0.5, 0.6) is 0 Å². The van der Waals surface area contributed by atoms with Crippen molar-refractivity contribution in [2.75, 3.05) is 5.32 Å². The van der Waals surface area contributed by atoms with Crippen molar-refractivity contribution >= 4 is 23.2 Å². The molecule has 0 radical (unpaired) electrons. The van der Waals surface area contributed by atoms with E-state index in [1.54, 1.807) is 18.2 Å². The van der Waals surface area contributed by atoms with Crippen molar-refractivity contribution in [1.29, 1.82) is 0 Å².